The van der Waals surface area contributed by atoms with Crippen molar-refractivity contribution in [3.05, 3.63) is 34.6 Å². The quantitative estimate of drug-likeness (QED) is 0.779. The van der Waals surface area contributed by atoms with Crippen molar-refractivity contribution in [2.45, 2.75) is 40.0 Å². The lowest BCUT2D eigenvalue weighted by molar-refractivity contribution is 0.0942. The van der Waals surface area contributed by atoms with Gasteiger partial charge in [0, 0.05) is 36.1 Å². The number of aliphatic hydroxyl groups excluding tert-OH is 1. The molecule has 0 aliphatic heterocycles. The van der Waals surface area contributed by atoms with E-state index >= 15 is 0 Å². The zero-order chi connectivity index (χ0) is 16.8. The Morgan fingerprint density at radius 3 is 2.83 bits per heavy atom. The van der Waals surface area contributed by atoms with Crippen LogP contribution in [0.5, 0.6) is 0 Å². The summed E-state index contributed by atoms with van der Waals surface area (Å²) in [4.78, 5) is 16.8. The fourth-order valence-electron chi connectivity index (χ4n) is 2.88. The molecule has 0 fully saturated rings. The Hall–Kier alpha value is -1.66. The number of aromatic nitrogens is 2. The Morgan fingerprint density at radius 1 is 1.43 bits per heavy atom. The van der Waals surface area contributed by atoms with Crippen molar-refractivity contribution in [1.29, 1.82) is 0 Å². The van der Waals surface area contributed by atoms with Gasteiger partial charge in [0.15, 0.2) is 5.13 Å². The molecule has 126 valence electrons. The fraction of sp³-hybridized carbons (Fsp3) is 0.529. The first-order valence-electron chi connectivity index (χ1n) is 8.06. The minimum atomic E-state index is -0.0556. The molecule has 1 amide bonds. The van der Waals surface area contributed by atoms with E-state index in [0.29, 0.717) is 18.0 Å². The summed E-state index contributed by atoms with van der Waals surface area (Å²) in [5, 5.41) is 14.9. The first kappa shape index (κ1) is 17.7. The summed E-state index contributed by atoms with van der Waals surface area (Å²) in [5.41, 5.74) is 2.60. The Morgan fingerprint density at radius 2 is 2.22 bits per heavy atom. The van der Waals surface area contributed by atoms with Gasteiger partial charge in [-0.1, -0.05) is 13.3 Å². The van der Waals surface area contributed by atoms with Crippen LogP contribution >= 0.6 is 11.3 Å². The average molecular weight is 335 g/mol. The third-order valence-electron chi connectivity index (χ3n) is 4.07. The van der Waals surface area contributed by atoms with Crippen LogP contribution in [0, 0.1) is 19.8 Å². The molecule has 0 spiro atoms. The molecule has 0 aromatic carbocycles. The highest BCUT2D eigenvalue weighted by atomic mass is 32.1. The van der Waals surface area contributed by atoms with Crippen LogP contribution in [0.15, 0.2) is 17.6 Å². The summed E-state index contributed by atoms with van der Waals surface area (Å²) >= 11 is 1.55. The third-order valence-corrected chi connectivity index (χ3v) is 4.83. The van der Waals surface area contributed by atoms with Crippen molar-refractivity contribution in [2.24, 2.45) is 5.92 Å². The number of aryl methyl sites for hydroxylation is 1. The number of nitrogens with one attached hydrogen (secondary N) is 1. The van der Waals surface area contributed by atoms with Crippen molar-refractivity contribution in [2.75, 3.05) is 13.2 Å². The van der Waals surface area contributed by atoms with Crippen LogP contribution in [-0.2, 0) is 0 Å². The van der Waals surface area contributed by atoms with Crippen LogP contribution in [0.2, 0.25) is 0 Å². The number of hydrogen-bond acceptors (Lipinski definition) is 4. The zero-order valence-corrected chi connectivity index (χ0v) is 14.8. The van der Waals surface area contributed by atoms with Gasteiger partial charge in [-0.2, -0.15) is 0 Å². The standard InChI is InChI=1S/C17H25N3O2S/c1-4-5-14(6-8-21)11-19-16(22)15-10-12(2)20(13(15)3)17-18-7-9-23-17/h7,9-10,14,21H,4-6,8,11H2,1-3H3,(H,19,22). The second-order valence-corrected chi connectivity index (χ2v) is 6.68. The number of aliphatic hydroxyl groups is 1. The summed E-state index contributed by atoms with van der Waals surface area (Å²) in [6.45, 7) is 6.82. The summed E-state index contributed by atoms with van der Waals surface area (Å²) in [7, 11) is 0. The van der Waals surface area contributed by atoms with Crippen molar-refractivity contribution in [3.8, 4) is 5.13 Å². The predicted molar refractivity (Wildman–Crippen MR) is 93.3 cm³/mol. The summed E-state index contributed by atoms with van der Waals surface area (Å²) in [6, 6.07) is 1.91. The molecule has 0 saturated heterocycles. The minimum absolute atomic E-state index is 0.0556. The number of carbonyl (C=O) groups is 1. The maximum atomic E-state index is 12.5. The number of amides is 1. The molecule has 23 heavy (non-hydrogen) atoms. The molecule has 6 heteroatoms. The highest BCUT2D eigenvalue weighted by Gasteiger charge is 2.18. The second kappa shape index (κ2) is 8.26. The Bertz CT molecular complexity index is 629. The lowest BCUT2D eigenvalue weighted by Crippen LogP contribution is -2.30. The van der Waals surface area contributed by atoms with Crippen LogP contribution < -0.4 is 5.32 Å². The largest absolute Gasteiger partial charge is 0.396 e. The van der Waals surface area contributed by atoms with Gasteiger partial charge in [-0.25, -0.2) is 4.98 Å². The molecule has 2 heterocycles. The van der Waals surface area contributed by atoms with Crippen molar-refractivity contribution in [3.63, 3.8) is 0 Å². The Balaban J connectivity index is 2.10. The van der Waals surface area contributed by atoms with Gasteiger partial charge in [-0.3, -0.25) is 9.36 Å². The van der Waals surface area contributed by atoms with Crippen LogP contribution in [0.3, 0.4) is 0 Å². The monoisotopic (exact) mass is 335 g/mol. The minimum Gasteiger partial charge on any atom is -0.396 e. The predicted octanol–water partition coefficient (Wildman–Crippen LogP) is 3.08. The van der Waals surface area contributed by atoms with E-state index in [9.17, 15) is 4.79 Å². The number of thiazole rings is 1. The topological polar surface area (TPSA) is 67.2 Å². The van der Waals surface area contributed by atoms with Gasteiger partial charge < -0.3 is 10.4 Å². The van der Waals surface area contributed by atoms with Crippen LogP contribution in [0.4, 0.5) is 0 Å². The van der Waals surface area contributed by atoms with Gasteiger partial charge in [0.05, 0.1) is 5.56 Å². The van der Waals surface area contributed by atoms with Crippen LogP contribution in [-0.4, -0.2) is 33.7 Å². The van der Waals surface area contributed by atoms with E-state index in [4.69, 9.17) is 5.11 Å². The number of rotatable bonds is 8. The summed E-state index contributed by atoms with van der Waals surface area (Å²) < 4.78 is 2.01. The van der Waals surface area contributed by atoms with E-state index in [1.165, 1.54) is 0 Å². The van der Waals surface area contributed by atoms with E-state index in [0.717, 1.165) is 35.8 Å². The van der Waals surface area contributed by atoms with Crippen molar-refractivity contribution >= 4 is 17.2 Å². The fourth-order valence-corrected chi connectivity index (χ4v) is 3.64. The third kappa shape index (κ3) is 4.20. The highest BCUT2D eigenvalue weighted by molar-refractivity contribution is 7.12. The van der Waals surface area contributed by atoms with E-state index in [1.807, 2.05) is 29.9 Å². The SMILES string of the molecule is CCCC(CCO)CNC(=O)c1cc(C)n(-c2nccs2)c1C. The van der Waals surface area contributed by atoms with E-state index in [-0.39, 0.29) is 12.5 Å². The molecular formula is C17H25N3O2S. The number of carbonyl (C=O) groups excluding carboxylic acids is 1. The molecule has 0 bridgehead atoms. The van der Waals surface area contributed by atoms with E-state index < -0.39 is 0 Å². The van der Waals surface area contributed by atoms with Gasteiger partial charge in [0.1, 0.15) is 0 Å². The van der Waals surface area contributed by atoms with Gasteiger partial charge in [0.25, 0.3) is 5.91 Å². The first-order valence-corrected chi connectivity index (χ1v) is 8.94. The maximum absolute atomic E-state index is 12.5. The van der Waals surface area contributed by atoms with E-state index in [2.05, 4.69) is 17.2 Å². The number of nitrogens with zero attached hydrogens (tertiary/aromatic N) is 2. The molecule has 0 aliphatic rings. The summed E-state index contributed by atoms with van der Waals surface area (Å²) in [6.07, 6.45) is 4.56. The average Bonchev–Trinajstić information content (AvgIpc) is 3.13. The van der Waals surface area contributed by atoms with Crippen molar-refractivity contribution in [1.82, 2.24) is 14.9 Å². The lowest BCUT2D eigenvalue weighted by Gasteiger charge is -2.15. The normalized spacial score (nSPS) is 12.3. The molecule has 0 radical (unpaired) electrons. The highest BCUT2D eigenvalue weighted by Crippen LogP contribution is 2.22. The smallest absolute Gasteiger partial charge is 0.253 e. The van der Waals surface area contributed by atoms with Gasteiger partial charge in [-0.05, 0) is 38.7 Å². The molecule has 2 rings (SSSR count). The molecular weight excluding hydrogens is 310 g/mol. The molecule has 0 saturated carbocycles. The maximum Gasteiger partial charge on any atom is 0.253 e. The first-order chi connectivity index (χ1) is 11.1. The van der Waals surface area contributed by atoms with Crippen LogP contribution in [0.1, 0.15) is 47.9 Å². The van der Waals surface area contributed by atoms with Gasteiger partial charge >= 0.3 is 0 Å². The molecule has 5 nitrogen and oxygen atoms in total. The molecule has 2 aromatic heterocycles. The zero-order valence-electron chi connectivity index (χ0n) is 14.0. The van der Waals surface area contributed by atoms with Gasteiger partial charge in [-0.15, -0.1) is 11.3 Å². The van der Waals surface area contributed by atoms with Crippen LogP contribution in [0.25, 0.3) is 5.13 Å². The molecule has 0 aliphatic carbocycles. The lowest BCUT2D eigenvalue weighted by atomic mass is 10.00. The van der Waals surface area contributed by atoms with Crippen molar-refractivity contribution < 1.29 is 9.90 Å². The van der Waals surface area contributed by atoms with Gasteiger partial charge in [0.2, 0.25) is 0 Å². The molecule has 1 unspecified atom stereocenters. The van der Waals surface area contributed by atoms with E-state index in [1.54, 1.807) is 17.5 Å². The second-order valence-electron chi connectivity index (χ2n) is 5.81. The number of hydrogen-bond donors (Lipinski definition) is 2. The molecule has 1 atom stereocenters. The Labute approximate surface area is 141 Å². The Kier molecular flexibility index (Phi) is 6.36. The summed E-state index contributed by atoms with van der Waals surface area (Å²) in [5.74, 6) is 0.274. The molecule has 2 N–H and O–H groups in total. The molecule has 2 aromatic rings.